The lowest BCUT2D eigenvalue weighted by Crippen LogP contribution is -2.07. The van der Waals surface area contributed by atoms with Gasteiger partial charge in [0.2, 0.25) is 0 Å². The zero-order valence-electron chi connectivity index (χ0n) is 5.19. The molecule has 0 saturated carbocycles. The summed E-state index contributed by atoms with van der Waals surface area (Å²) in [6.07, 6.45) is 1.65. The van der Waals surface area contributed by atoms with Crippen LogP contribution in [0.2, 0.25) is 0 Å². The van der Waals surface area contributed by atoms with Crippen molar-refractivity contribution < 1.29 is 0 Å². The van der Waals surface area contributed by atoms with Gasteiger partial charge in [-0.3, -0.25) is 0 Å². The van der Waals surface area contributed by atoms with Gasteiger partial charge < -0.3 is 15.3 Å². The molecule has 0 unspecified atom stereocenters. The lowest BCUT2D eigenvalue weighted by atomic mass is 10.5. The molecule has 0 aromatic carbocycles. The zero-order valence-corrected chi connectivity index (χ0v) is 5.19. The molecule has 3 N–H and O–H groups in total. The van der Waals surface area contributed by atoms with E-state index < -0.39 is 0 Å². The van der Waals surface area contributed by atoms with E-state index in [1.807, 2.05) is 7.05 Å². The molecule has 9 heavy (non-hydrogen) atoms. The highest BCUT2D eigenvalue weighted by Gasteiger charge is 1.90. The number of nitrogens with one attached hydrogen (secondary N) is 3. The average molecular weight is 127 g/mol. The fourth-order valence-electron chi connectivity index (χ4n) is 0.656. The summed E-state index contributed by atoms with van der Waals surface area (Å²) < 4.78 is 0. The Hall–Kier alpha value is -1.03. The van der Waals surface area contributed by atoms with Crippen LogP contribution in [0.5, 0.6) is 0 Å². The van der Waals surface area contributed by atoms with Gasteiger partial charge in [0.1, 0.15) is 0 Å². The first-order valence-corrected chi connectivity index (χ1v) is 2.74. The average Bonchev–Trinajstić information content (AvgIpc) is 2.17. The quantitative estimate of drug-likeness (QED) is 0.498. The van der Waals surface area contributed by atoms with Crippen molar-refractivity contribution in [3.05, 3.63) is 22.4 Å². The van der Waals surface area contributed by atoms with Crippen molar-refractivity contribution in [3.8, 4) is 0 Å². The van der Waals surface area contributed by atoms with Gasteiger partial charge in [-0.2, -0.15) is 0 Å². The van der Waals surface area contributed by atoms with E-state index in [2.05, 4.69) is 15.3 Å². The molecule has 1 rings (SSSR count). The number of aromatic nitrogens is 2. The van der Waals surface area contributed by atoms with Crippen LogP contribution >= 0.6 is 0 Å². The van der Waals surface area contributed by atoms with E-state index in [9.17, 15) is 4.79 Å². The van der Waals surface area contributed by atoms with Crippen molar-refractivity contribution in [2.45, 2.75) is 6.54 Å². The smallest absolute Gasteiger partial charge is 0.314 e. The van der Waals surface area contributed by atoms with Crippen LogP contribution in [0, 0.1) is 0 Å². The Bertz CT molecular complexity index is 224. The summed E-state index contributed by atoms with van der Waals surface area (Å²) in [7, 11) is 1.82. The van der Waals surface area contributed by atoms with Gasteiger partial charge in [0.15, 0.2) is 0 Å². The molecule has 0 aliphatic carbocycles. The maximum atomic E-state index is 10.4. The Morgan fingerprint density at radius 1 is 1.78 bits per heavy atom. The second-order valence-electron chi connectivity index (χ2n) is 1.80. The van der Waals surface area contributed by atoms with E-state index >= 15 is 0 Å². The minimum Gasteiger partial charge on any atom is -0.314 e. The van der Waals surface area contributed by atoms with Gasteiger partial charge in [-0.05, 0) is 7.05 Å². The van der Waals surface area contributed by atoms with Gasteiger partial charge >= 0.3 is 5.69 Å². The molecule has 0 spiro atoms. The summed E-state index contributed by atoms with van der Waals surface area (Å²) in [5, 5.41) is 2.91. The second-order valence-corrected chi connectivity index (χ2v) is 1.80. The molecule has 0 aliphatic heterocycles. The van der Waals surface area contributed by atoms with Gasteiger partial charge in [0.05, 0.1) is 0 Å². The second kappa shape index (κ2) is 2.50. The van der Waals surface area contributed by atoms with E-state index in [0.717, 1.165) is 5.69 Å². The molecule has 0 atom stereocenters. The first-order chi connectivity index (χ1) is 4.33. The molecule has 0 saturated heterocycles. The largest absolute Gasteiger partial charge is 0.323 e. The van der Waals surface area contributed by atoms with Crippen molar-refractivity contribution in [1.29, 1.82) is 0 Å². The van der Waals surface area contributed by atoms with Crippen LogP contribution in [0.4, 0.5) is 0 Å². The highest BCUT2D eigenvalue weighted by molar-refractivity contribution is 4.92. The van der Waals surface area contributed by atoms with Crippen LogP contribution in [-0.4, -0.2) is 17.0 Å². The highest BCUT2D eigenvalue weighted by atomic mass is 16.1. The molecule has 0 fully saturated rings. The first kappa shape index (κ1) is 6.10. The Morgan fingerprint density at radius 3 is 3.00 bits per heavy atom. The molecule has 50 valence electrons. The third-order valence-corrected chi connectivity index (χ3v) is 1.02. The molecular weight excluding hydrogens is 118 g/mol. The minimum absolute atomic E-state index is 0.153. The maximum absolute atomic E-state index is 10.4. The topological polar surface area (TPSA) is 60.7 Å². The number of hydrogen-bond donors (Lipinski definition) is 3. The lowest BCUT2D eigenvalue weighted by molar-refractivity contribution is 0.795. The normalized spacial score (nSPS) is 9.89. The third kappa shape index (κ3) is 1.43. The summed E-state index contributed by atoms with van der Waals surface area (Å²) in [5.74, 6) is 0. The Morgan fingerprint density at radius 2 is 2.56 bits per heavy atom. The Labute approximate surface area is 52.3 Å². The fraction of sp³-hybridized carbons (Fsp3) is 0.400. The van der Waals surface area contributed by atoms with Crippen LogP contribution in [0.3, 0.4) is 0 Å². The predicted molar refractivity (Wildman–Crippen MR) is 34.2 cm³/mol. The van der Waals surface area contributed by atoms with Crippen molar-refractivity contribution in [2.24, 2.45) is 0 Å². The highest BCUT2D eigenvalue weighted by Crippen LogP contribution is 1.82. The van der Waals surface area contributed by atoms with Crippen LogP contribution in [0.1, 0.15) is 5.69 Å². The van der Waals surface area contributed by atoms with Crippen molar-refractivity contribution in [3.63, 3.8) is 0 Å². The van der Waals surface area contributed by atoms with E-state index in [-0.39, 0.29) is 5.69 Å². The number of H-pyrrole nitrogens is 2. The molecule has 0 amide bonds. The maximum Gasteiger partial charge on any atom is 0.323 e. The number of rotatable bonds is 2. The van der Waals surface area contributed by atoms with Gasteiger partial charge in [0, 0.05) is 18.4 Å². The predicted octanol–water partition coefficient (Wildman–Crippen LogP) is -0.578. The van der Waals surface area contributed by atoms with Crippen LogP contribution < -0.4 is 11.0 Å². The summed E-state index contributed by atoms with van der Waals surface area (Å²) in [5.41, 5.74) is 0.725. The number of hydrogen-bond acceptors (Lipinski definition) is 2. The first-order valence-electron chi connectivity index (χ1n) is 2.74. The summed E-state index contributed by atoms with van der Waals surface area (Å²) in [6, 6.07) is 0. The monoisotopic (exact) mass is 127 g/mol. The molecule has 0 radical (unpaired) electrons. The Kier molecular flexibility index (Phi) is 1.69. The summed E-state index contributed by atoms with van der Waals surface area (Å²) in [6.45, 7) is 0.693. The van der Waals surface area contributed by atoms with E-state index in [4.69, 9.17) is 0 Å². The number of aromatic amines is 2. The number of imidazole rings is 1. The molecule has 0 bridgehead atoms. The molecule has 4 heteroatoms. The third-order valence-electron chi connectivity index (χ3n) is 1.02. The van der Waals surface area contributed by atoms with Crippen LogP contribution in [0.25, 0.3) is 0 Å². The molecule has 1 heterocycles. The van der Waals surface area contributed by atoms with Crippen molar-refractivity contribution >= 4 is 0 Å². The summed E-state index contributed by atoms with van der Waals surface area (Å²) >= 11 is 0. The van der Waals surface area contributed by atoms with Crippen molar-refractivity contribution in [1.82, 2.24) is 15.3 Å². The van der Waals surface area contributed by atoms with Crippen molar-refractivity contribution in [2.75, 3.05) is 7.05 Å². The molecule has 0 aliphatic rings. The zero-order chi connectivity index (χ0) is 6.69. The van der Waals surface area contributed by atoms with E-state index in [1.165, 1.54) is 0 Å². The van der Waals surface area contributed by atoms with Gasteiger partial charge in [-0.25, -0.2) is 4.79 Å². The SMILES string of the molecule is CNCc1c[nH]c(=O)[nH]1. The molecule has 1 aromatic rings. The van der Waals surface area contributed by atoms with Gasteiger partial charge in [-0.15, -0.1) is 0 Å². The van der Waals surface area contributed by atoms with Gasteiger partial charge in [-0.1, -0.05) is 0 Å². The van der Waals surface area contributed by atoms with E-state index in [1.54, 1.807) is 6.20 Å². The van der Waals surface area contributed by atoms with Gasteiger partial charge in [0.25, 0.3) is 0 Å². The van der Waals surface area contributed by atoms with E-state index in [0.29, 0.717) is 6.54 Å². The minimum atomic E-state index is -0.153. The fourth-order valence-corrected chi connectivity index (χ4v) is 0.656. The standard InChI is InChI=1S/C5H9N3O/c1-6-2-4-3-7-5(9)8-4/h3,6H,2H2,1H3,(H2,7,8,9). The Balaban J connectivity index is 2.73. The van der Waals surface area contributed by atoms with Crippen LogP contribution in [0.15, 0.2) is 11.0 Å². The molecular formula is C5H9N3O. The molecule has 4 nitrogen and oxygen atoms in total. The molecule has 1 aromatic heterocycles. The summed E-state index contributed by atoms with van der Waals surface area (Å²) in [4.78, 5) is 15.5. The van der Waals surface area contributed by atoms with Crippen LogP contribution in [-0.2, 0) is 6.54 Å². The lowest BCUT2D eigenvalue weighted by Gasteiger charge is -1.89.